The zero-order chi connectivity index (χ0) is 11.0. The van der Waals surface area contributed by atoms with E-state index >= 15 is 0 Å². The molecule has 1 saturated carbocycles. The highest BCUT2D eigenvalue weighted by atomic mass is 32.1. The summed E-state index contributed by atoms with van der Waals surface area (Å²) >= 11 is 1.47. The van der Waals surface area contributed by atoms with Crippen LogP contribution in [-0.4, -0.2) is 16.9 Å². The Morgan fingerprint density at radius 2 is 2.40 bits per heavy atom. The van der Waals surface area contributed by atoms with Gasteiger partial charge in [0, 0.05) is 11.4 Å². The summed E-state index contributed by atoms with van der Waals surface area (Å²) in [6.45, 7) is 4.16. The second-order valence-electron chi connectivity index (χ2n) is 4.23. The molecule has 1 aliphatic rings. The molecule has 4 nitrogen and oxygen atoms in total. The average molecular weight is 225 g/mol. The van der Waals surface area contributed by atoms with Crippen molar-refractivity contribution in [3.05, 3.63) is 11.1 Å². The number of amides is 1. The molecule has 82 valence electrons. The number of thiazole rings is 1. The van der Waals surface area contributed by atoms with Gasteiger partial charge in [-0.2, -0.15) is 0 Å². The summed E-state index contributed by atoms with van der Waals surface area (Å²) in [4.78, 5) is 15.9. The summed E-state index contributed by atoms with van der Waals surface area (Å²) < 4.78 is 0. The smallest absolute Gasteiger partial charge is 0.230 e. The molecule has 2 unspecified atom stereocenters. The van der Waals surface area contributed by atoms with E-state index in [0.717, 1.165) is 12.1 Å². The Bertz CT molecular complexity index is 374. The predicted molar refractivity (Wildman–Crippen MR) is 60.9 cm³/mol. The molecular weight excluding hydrogens is 210 g/mol. The molecule has 1 aromatic rings. The molecule has 1 heterocycles. The maximum atomic E-state index is 11.5. The minimum absolute atomic E-state index is 0.00333. The zero-order valence-corrected chi connectivity index (χ0v) is 9.67. The van der Waals surface area contributed by atoms with Crippen LogP contribution < -0.4 is 11.1 Å². The lowest BCUT2D eigenvalue weighted by atomic mass is 10.2. The first-order chi connectivity index (χ1) is 7.08. The second-order valence-corrected chi connectivity index (χ2v) is 5.09. The highest BCUT2D eigenvalue weighted by Gasteiger charge is 2.40. The highest BCUT2D eigenvalue weighted by molar-refractivity contribution is 7.13. The van der Waals surface area contributed by atoms with Crippen molar-refractivity contribution in [2.24, 2.45) is 11.7 Å². The first-order valence-electron chi connectivity index (χ1n) is 5.10. The van der Waals surface area contributed by atoms with Crippen LogP contribution in [0.4, 0.5) is 5.13 Å². The molecule has 2 rings (SSSR count). The largest absolute Gasteiger partial charge is 0.327 e. The normalized spacial score (nSPS) is 24.3. The van der Waals surface area contributed by atoms with E-state index in [2.05, 4.69) is 24.1 Å². The molecule has 1 aliphatic carbocycles. The minimum Gasteiger partial charge on any atom is -0.327 e. The predicted octanol–water partition coefficient (Wildman–Crippen LogP) is 1.55. The number of nitrogens with two attached hydrogens (primary N) is 1. The van der Waals surface area contributed by atoms with E-state index in [4.69, 9.17) is 5.73 Å². The summed E-state index contributed by atoms with van der Waals surface area (Å²) in [5.41, 5.74) is 6.62. The Balaban J connectivity index is 1.96. The second kappa shape index (κ2) is 3.90. The van der Waals surface area contributed by atoms with Gasteiger partial charge in [-0.3, -0.25) is 4.79 Å². The third-order valence-electron chi connectivity index (χ3n) is 2.52. The average Bonchev–Trinajstić information content (AvgIpc) is 2.73. The molecule has 2 atom stereocenters. The SMILES string of the molecule is CC(C)c1csc(NC(=O)C2CC2N)n1. The third kappa shape index (κ3) is 2.35. The molecule has 0 radical (unpaired) electrons. The Labute approximate surface area is 92.9 Å². The van der Waals surface area contributed by atoms with E-state index in [1.54, 1.807) is 0 Å². The van der Waals surface area contributed by atoms with Gasteiger partial charge >= 0.3 is 0 Å². The van der Waals surface area contributed by atoms with Crippen molar-refractivity contribution in [1.29, 1.82) is 0 Å². The van der Waals surface area contributed by atoms with Gasteiger partial charge in [-0.1, -0.05) is 13.8 Å². The fourth-order valence-corrected chi connectivity index (χ4v) is 2.20. The molecule has 0 saturated heterocycles. The lowest BCUT2D eigenvalue weighted by Crippen LogP contribution is -2.18. The van der Waals surface area contributed by atoms with Crippen LogP contribution in [0.2, 0.25) is 0 Å². The molecule has 3 N–H and O–H groups in total. The number of anilines is 1. The van der Waals surface area contributed by atoms with Gasteiger partial charge in [-0.15, -0.1) is 11.3 Å². The molecule has 0 bridgehead atoms. The van der Waals surface area contributed by atoms with Crippen molar-refractivity contribution in [1.82, 2.24) is 4.98 Å². The van der Waals surface area contributed by atoms with Crippen LogP contribution in [0.1, 0.15) is 31.9 Å². The van der Waals surface area contributed by atoms with Crippen LogP contribution in [0.3, 0.4) is 0 Å². The number of hydrogen-bond acceptors (Lipinski definition) is 4. The minimum atomic E-state index is -0.00333. The highest BCUT2D eigenvalue weighted by Crippen LogP contribution is 2.30. The summed E-state index contributed by atoms with van der Waals surface area (Å²) in [6, 6.07) is 0.0505. The first-order valence-corrected chi connectivity index (χ1v) is 5.97. The Morgan fingerprint density at radius 1 is 1.73 bits per heavy atom. The number of hydrogen-bond donors (Lipinski definition) is 2. The first kappa shape index (κ1) is 10.6. The van der Waals surface area contributed by atoms with Crippen LogP contribution >= 0.6 is 11.3 Å². The topological polar surface area (TPSA) is 68.0 Å². The van der Waals surface area contributed by atoms with Gasteiger partial charge < -0.3 is 11.1 Å². The molecule has 5 heteroatoms. The van der Waals surface area contributed by atoms with E-state index in [9.17, 15) is 4.79 Å². The van der Waals surface area contributed by atoms with E-state index < -0.39 is 0 Å². The van der Waals surface area contributed by atoms with Crippen LogP contribution in [0.5, 0.6) is 0 Å². The van der Waals surface area contributed by atoms with E-state index in [-0.39, 0.29) is 17.9 Å². The third-order valence-corrected chi connectivity index (χ3v) is 3.30. The number of rotatable bonds is 3. The summed E-state index contributed by atoms with van der Waals surface area (Å²) in [6.07, 6.45) is 0.800. The Morgan fingerprint density at radius 3 is 2.87 bits per heavy atom. The number of carbonyl (C=O) groups is 1. The fourth-order valence-electron chi connectivity index (χ4n) is 1.32. The number of nitrogens with one attached hydrogen (secondary N) is 1. The van der Waals surface area contributed by atoms with Gasteiger partial charge in [0.2, 0.25) is 5.91 Å². The maximum Gasteiger partial charge on any atom is 0.230 e. The standard InChI is InChI=1S/C10H15N3OS/c1-5(2)8-4-15-10(12-8)13-9(14)6-3-7(6)11/h4-7H,3,11H2,1-2H3,(H,12,13,14). The lowest BCUT2D eigenvalue weighted by molar-refractivity contribution is -0.117. The molecule has 15 heavy (non-hydrogen) atoms. The van der Waals surface area contributed by atoms with Gasteiger partial charge in [0.05, 0.1) is 11.6 Å². The van der Waals surface area contributed by atoms with Gasteiger partial charge in [-0.25, -0.2) is 4.98 Å². The van der Waals surface area contributed by atoms with Crippen molar-refractivity contribution in [2.45, 2.75) is 32.2 Å². The van der Waals surface area contributed by atoms with Gasteiger partial charge in [0.15, 0.2) is 5.13 Å². The molecule has 1 aromatic heterocycles. The molecule has 1 amide bonds. The Hall–Kier alpha value is -0.940. The molecule has 0 aromatic carbocycles. The van der Waals surface area contributed by atoms with E-state index in [1.165, 1.54) is 11.3 Å². The summed E-state index contributed by atoms with van der Waals surface area (Å²) in [7, 11) is 0. The maximum absolute atomic E-state index is 11.5. The molecule has 0 aliphatic heterocycles. The monoisotopic (exact) mass is 225 g/mol. The van der Waals surface area contributed by atoms with Crippen molar-refractivity contribution < 1.29 is 4.79 Å². The Kier molecular flexibility index (Phi) is 2.75. The quantitative estimate of drug-likeness (QED) is 0.820. The van der Waals surface area contributed by atoms with Crippen LogP contribution in [0, 0.1) is 5.92 Å². The fraction of sp³-hybridized carbons (Fsp3) is 0.600. The number of nitrogens with zero attached hydrogens (tertiary/aromatic N) is 1. The van der Waals surface area contributed by atoms with Crippen LogP contribution in [0.15, 0.2) is 5.38 Å². The molecule has 1 fully saturated rings. The summed E-state index contributed by atoms with van der Waals surface area (Å²) in [5, 5.41) is 5.46. The molecule has 0 spiro atoms. The van der Waals surface area contributed by atoms with Crippen LogP contribution in [-0.2, 0) is 4.79 Å². The molecular formula is C10H15N3OS. The van der Waals surface area contributed by atoms with Crippen molar-refractivity contribution in [3.63, 3.8) is 0 Å². The van der Waals surface area contributed by atoms with Crippen molar-refractivity contribution >= 4 is 22.4 Å². The van der Waals surface area contributed by atoms with Crippen LogP contribution in [0.25, 0.3) is 0 Å². The number of carbonyl (C=O) groups excluding carboxylic acids is 1. The summed E-state index contributed by atoms with van der Waals surface area (Å²) in [5.74, 6) is 0.402. The number of aromatic nitrogens is 1. The van der Waals surface area contributed by atoms with Crippen molar-refractivity contribution in [2.75, 3.05) is 5.32 Å². The van der Waals surface area contributed by atoms with Gasteiger partial charge in [0.25, 0.3) is 0 Å². The van der Waals surface area contributed by atoms with Crippen molar-refractivity contribution in [3.8, 4) is 0 Å². The van der Waals surface area contributed by atoms with Gasteiger partial charge in [0.1, 0.15) is 0 Å². The zero-order valence-electron chi connectivity index (χ0n) is 8.86. The van der Waals surface area contributed by atoms with E-state index in [0.29, 0.717) is 11.0 Å². The van der Waals surface area contributed by atoms with Gasteiger partial charge in [-0.05, 0) is 12.3 Å². The van der Waals surface area contributed by atoms with E-state index in [1.807, 2.05) is 5.38 Å². The lowest BCUT2D eigenvalue weighted by Gasteiger charge is -2.00.